The van der Waals surface area contributed by atoms with Crippen molar-refractivity contribution >= 4 is 5.91 Å². The van der Waals surface area contributed by atoms with Gasteiger partial charge in [-0.3, -0.25) is 9.89 Å². The molecule has 1 heterocycles. The van der Waals surface area contributed by atoms with Crippen LogP contribution in [-0.2, 0) is 11.2 Å². The van der Waals surface area contributed by atoms with E-state index in [0.717, 1.165) is 48.6 Å². The minimum Gasteiger partial charge on any atom is -0.388 e. The Hall–Kier alpha value is -1.36. The molecule has 1 amide bonds. The maximum absolute atomic E-state index is 12.1. The summed E-state index contributed by atoms with van der Waals surface area (Å²) in [6, 6.07) is 0. The first-order chi connectivity index (χ1) is 9.93. The molecule has 0 atom stereocenters. The Balaban J connectivity index is 1.81. The standard InChI is InChI=1S/C16H27N3O2/c1-4-13-5-7-16(21,8-6-13)10-17-15(20)9-14-11(2)18-19-12(14)3/h13,21H,4-10H2,1-3H3,(H,17,20)(H,18,19). The van der Waals surface area contributed by atoms with E-state index in [2.05, 4.69) is 22.4 Å². The van der Waals surface area contributed by atoms with E-state index in [1.807, 2.05) is 13.8 Å². The lowest BCUT2D eigenvalue weighted by molar-refractivity contribution is -0.122. The van der Waals surface area contributed by atoms with Crippen molar-refractivity contribution in [1.29, 1.82) is 0 Å². The third-order valence-corrected chi connectivity index (χ3v) is 4.85. The molecular formula is C16H27N3O2. The normalized spacial score (nSPS) is 25.8. The Morgan fingerprint density at radius 1 is 1.43 bits per heavy atom. The zero-order chi connectivity index (χ0) is 15.5. The fourth-order valence-electron chi connectivity index (χ4n) is 3.12. The van der Waals surface area contributed by atoms with Crippen LogP contribution < -0.4 is 5.32 Å². The van der Waals surface area contributed by atoms with Crippen molar-refractivity contribution in [3.8, 4) is 0 Å². The molecule has 0 saturated heterocycles. The number of H-pyrrole nitrogens is 1. The number of carbonyl (C=O) groups is 1. The fraction of sp³-hybridized carbons (Fsp3) is 0.750. The molecule has 0 aromatic carbocycles. The van der Waals surface area contributed by atoms with Gasteiger partial charge in [-0.2, -0.15) is 5.10 Å². The molecule has 5 heteroatoms. The molecule has 0 unspecified atom stereocenters. The predicted molar refractivity (Wildman–Crippen MR) is 82.0 cm³/mol. The zero-order valence-corrected chi connectivity index (χ0v) is 13.3. The number of aromatic amines is 1. The summed E-state index contributed by atoms with van der Waals surface area (Å²) in [4.78, 5) is 12.1. The van der Waals surface area contributed by atoms with E-state index in [1.165, 1.54) is 6.42 Å². The first-order valence-electron chi connectivity index (χ1n) is 7.93. The fourth-order valence-corrected chi connectivity index (χ4v) is 3.12. The number of aliphatic hydroxyl groups is 1. The van der Waals surface area contributed by atoms with E-state index in [1.54, 1.807) is 0 Å². The number of hydrogen-bond acceptors (Lipinski definition) is 3. The van der Waals surface area contributed by atoms with Crippen LogP contribution >= 0.6 is 0 Å². The van der Waals surface area contributed by atoms with Crippen LogP contribution in [0.25, 0.3) is 0 Å². The molecule has 2 rings (SSSR count). The Labute approximate surface area is 126 Å². The van der Waals surface area contributed by atoms with Crippen LogP contribution in [0.3, 0.4) is 0 Å². The molecule has 5 nitrogen and oxygen atoms in total. The molecule has 1 aromatic rings. The van der Waals surface area contributed by atoms with Crippen LogP contribution in [0.4, 0.5) is 0 Å². The molecule has 0 radical (unpaired) electrons. The van der Waals surface area contributed by atoms with Gasteiger partial charge in [-0.25, -0.2) is 0 Å². The van der Waals surface area contributed by atoms with Crippen molar-refractivity contribution in [2.75, 3.05) is 6.54 Å². The zero-order valence-electron chi connectivity index (χ0n) is 13.3. The lowest BCUT2D eigenvalue weighted by Crippen LogP contribution is -2.45. The molecule has 0 spiro atoms. The number of nitrogens with one attached hydrogen (secondary N) is 2. The summed E-state index contributed by atoms with van der Waals surface area (Å²) in [5.41, 5.74) is 2.03. The summed E-state index contributed by atoms with van der Waals surface area (Å²) in [6.45, 7) is 6.37. The highest BCUT2D eigenvalue weighted by molar-refractivity contribution is 5.79. The van der Waals surface area contributed by atoms with E-state index in [-0.39, 0.29) is 5.91 Å². The summed E-state index contributed by atoms with van der Waals surface area (Å²) < 4.78 is 0. The number of nitrogens with zero attached hydrogens (tertiary/aromatic N) is 1. The molecule has 1 aliphatic rings. The first-order valence-corrected chi connectivity index (χ1v) is 7.93. The van der Waals surface area contributed by atoms with E-state index >= 15 is 0 Å². The molecule has 118 valence electrons. The molecule has 21 heavy (non-hydrogen) atoms. The van der Waals surface area contributed by atoms with Crippen molar-refractivity contribution < 1.29 is 9.90 Å². The molecule has 3 N–H and O–H groups in total. The van der Waals surface area contributed by atoms with Gasteiger partial charge in [-0.15, -0.1) is 0 Å². The Bertz CT molecular complexity index is 468. The van der Waals surface area contributed by atoms with Crippen LogP contribution in [0.2, 0.25) is 0 Å². The third-order valence-electron chi connectivity index (χ3n) is 4.85. The molecule has 1 fully saturated rings. The van der Waals surface area contributed by atoms with Crippen LogP contribution in [0.1, 0.15) is 56.0 Å². The van der Waals surface area contributed by atoms with E-state index in [4.69, 9.17) is 0 Å². The highest BCUT2D eigenvalue weighted by atomic mass is 16.3. The Kier molecular flexibility index (Phi) is 5.04. The summed E-state index contributed by atoms with van der Waals surface area (Å²) in [6.07, 6.45) is 5.19. The molecule has 1 saturated carbocycles. The number of amides is 1. The number of aryl methyl sites for hydroxylation is 2. The van der Waals surface area contributed by atoms with Gasteiger partial charge in [0, 0.05) is 17.8 Å². The molecule has 0 bridgehead atoms. The minimum atomic E-state index is -0.720. The molecular weight excluding hydrogens is 266 g/mol. The third kappa shape index (κ3) is 4.06. The largest absolute Gasteiger partial charge is 0.388 e. The van der Waals surface area contributed by atoms with Gasteiger partial charge in [-0.05, 0) is 45.4 Å². The predicted octanol–water partition coefficient (Wildman–Crippen LogP) is 2.02. The lowest BCUT2D eigenvalue weighted by Gasteiger charge is -2.35. The summed E-state index contributed by atoms with van der Waals surface area (Å²) in [5.74, 6) is 0.686. The van der Waals surface area contributed by atoms with Crippen LogP contribution in [0.15, 0.2) is 0 Å². The monoisotopic (exact) mass is 293 g/mol. The molecule has 1 aliphatic carbocycles. The number of rotatable bonds is 5. The van der Waals surface area contributed by atoms with Crippen molar-refractivity contribution in [3.63, 3.8) is 0 Å². The lowest BCUT2D eigenvalue weighted by atomic mass is 9.78. The first kappa shape index (κ1) is 16.0. The minimum absolute atomic E-state index is 0.0476. The van der Waals surface area contributed by atoms with E-state index in [0.29, 0.717) is 13.0 Å². The Morgan fingerprint density at radius 2 is 2.10 bits per heavy atom. The van der Waals surface area contributed by atoms with Crippen molar-refractivity contribution in [2.45, 2.75) is 64.9 Å². The topological polar surface area (TPSA) is 78.0 Å². The van der Waals surface area contributed by atoms with Crippen molar-refractivity contribution in [3.05, 3.63) is 17.0 Å². The second-order valence-corrected chi connectivity index (χ2v) is 6.44. The molecule has 1 aromatic heterocycles. The van der Waals surface area contributed by atoms with Gasteiger partial charge in [0.05, 0.1) is 17.7 Å². The van der Waals surface area contributed by atoms with Crippen molar-refractivity contribution in [2.24, 2.45) is 5.92 Å². The van der Waals surface area contributed by atoms with Crippen LogP contribution in [0.5, 0.6) is 0 Å². The SMILES string of the molecule is CCC1CCC(O)(CNC(=O)Cc2c(C)n[nH]c2C)CC1. The molecule has 0 aliphatic heterocycles. The average molecular weight is 293 g/mol. The highest BCUT2D eigenvalue weighted by Crippen LogP contribution is 2.33. The van der Waals surface area contributed by atoms with Crippen LogP contribution in [-0.4, -0.2) is 33.4 Å². The second kappa shape index (κ2) is 6.60. The van der Waals surface area contributed by atoms with Gasteiger partial charge in [0.1, 0.15) is 0 Å². The average Bonchev–Trinajstić information content (AvgIpc) is 2.78. The Morgan fingerprint density at radius 3 is 2.62 bits per heavy atom. The maximum Gasteiger partial charge on any atom is 0.224 e. The highest BCUT2D eigenvalue weighted by Gasteiger charge is 2.32. The van der Waals surface area contributed by atoms with E-state index < -0.39 is 5.60 Å². The summed E-state index contributed by atoms with van der Waals surface area (Å²) in [7, 11) is 0. The van der Waals surface area contributed by atoms with Gasteiger partial charge < -0.3 is 10.4 Å². The summed E-state index contributed by atoms with van der Waals surface area (Å²) >= 11 is 0. The van der Waals surface area contributed by atoms with Gasteiger partial charge in [-0.1, -0.05) is 13.3 Å². The van der Waals surface area contributed by atoms with Crippen molar-refractivity contribution in [1.82, 2.24) is 15.5 Å². The van der Waals surface area contributed by atoms with Gasteiger partial charge in [0.2, 0.25) is 5.91 Å². The van der Waals surface area contributed by atoms with Crippen LogP contribution in [0, 0.1) is 19.8 Å². The summed E-state index contributed by atoms with van der Waals surface area (Å²) in [5, 5.41) is 20.4. The van der Waals surface area contributed by atoms with Gasteiger partial charge in [0.15, 0.2) is 0 Å². The second-order valence-electron chi connectivity index (χ2n) is 6.44. The maximum atomic E-state index is 12.1. The van der Waals surface area contributed by atoms with E-state index in [9.17, 15) is 9.90 Å². The number of hydrogen-bond donors (Lipinski definition) is 3. The number of carbonyl (C=O) groups excluding carboxylic acids is 1. The van der Waals surface area contributed by atoms with Gasteiger partial charge in [0.25, 0.3) is 0 Å². The van der Waals surface area contributed by atoms with Gasteiger partial charge >= 0.3 is 0 Å². The quantitative estimate of drug-likeness (QED) is 0.777. The number of aromatic nitrogens is 2. The smallest absolute Gasteiger partial charge is 0.224 e.